The van der Waals surface area contributed by atoms with Crippen LogP contribution in [-0.4, -0.2) is 24.9 Å². The molecule has 0 atom stereocenters. The highest BCUT2D eigenvalue weighted by Crippen LogP contribution is 2.38. The van der Waals surface area contributed by atoms with Gasteiger partial charge in [-0.25, -0.2) is 9.67 Å². The smallest absolute Gasteiger partial charge is 0.259 e. The number of aryl methyl sites for hydroxylation is 1. The van der Waals surface area contributed by atoms with Crippen LogP contribution in [0.3, 0.4) is 0 Å². The molecule has 0 amide bonds. The Morgan fingerprint density at radius 2 is 2.04 bits per heavy atom. The van der Waals surface area contributed by atoms with E-state index < -0.39 is 5.54 Å². The highest BCUT2D eigenvalue weighted by atomic mass is 35.5. The van der Waals surface area contributed by atoms with E-state index in [4.69, 9.17) is 10.3 Å². The molecule has 1 saturated carbocycles. The summed E-state index contributed by atoms with van der Waals surface area (Å²) in [6.45, 7) is 6.11. The van der Waals surface area contributed by atoms with Crippen LogP contribution in [0.4, 0.5) is 0 Å². The lowest BCUT2D eigenvalue weighted by atomic mass is 9.77. The van der Waals surface area contributed by atoms with E-state index in [2.05, 4.69) is 34.1 Å². The Balaban J connectivity index is 0.00000169. The van der Waals surface area contributed by atoms with Crippen LogP contribution in [0.1, 0.15) is 50.7 Å². The molecule has 1 aliphatic rings. The Kier molecular flexibility index (Phi) is 4.09. The first-order valence-electron chi connectivity index (χ1n) is 7.96. The van der Waals surface area contributed by atoms with Crippen molar-refractivity contribution in [3.63, 3.8) is 0 Å². The summed E-state index contributed by atoms with van der Waals surface area (Å²) < 4.78 is 7.36. The Bertz CT molecular complexity index is 880. The Hall–Kier alpha value is -1.99. The summed E-state index contributed by atoms with van der Waals surface area (Å²) in [5, 5.41) is 9.45. The standard InChI is InChI=1S/C16H20N6O.ClH/c1-9(2)22-13-11(8-18-22)7-12(10(3)19-13)14-20-15(21-23-14)16(17)5-4-6-16;/h7-9H,4-6,17H2,1-3H3;1H. The third kappa shape index (κ3) is 2.48. The summed E-state index contributed by atoms with van der Waals surface area (Å²) >= 11 is 0. The largest absolute Gasteiger partial charge is 0.334 e. The number of hydrogen-bond donors (Lipinski definition) is 1. The normalized spacial score (nSPS) is 16.2. The van der Waals surface area contributed by atoms with Crippen LogP contribution in [0.25, 0.3) is 22.5 Å². The maximum atomic E-state index is 6.27. The van der Waals surface area contributed by atoms with E-state index in [1.807, 2.05) is 23.9 Å². The maximum Gasteiger partial charge on any atom is 0.259 e. The highest BCUT2D eigenvalue weighted by Gasteiger charge is 2.39. The van der Waals surface area contributed by atoms with Crippen LogP contribution in [0.2, 0.25) is 0 Å². The van der Waals surface area contributed by atoms with Gasteiger partial charge in [0.05, 0.1) is 23.0 Å². The van der Waals surface area contributed by atoms with Gasteiger partial charge in [0.2, 0.25) is 0 Å². The molecule has 24 heavy (non-hydrogen) atoms. The van der Waals surface area contributed by atoms with E-state index in [9.17, 15) is 0 Å². The van der Waals surface area contributed by atoms with Crippen molar-refractivity contribution in [2.24, 2.45) is 5.73 Å². The minimum absolute atomic E-state index is 0. The third-order valence-corrected chi connectivity index (χ3v) is 4.60. The van der Waals surface area contributed by atoms with Crippen LogP contribution >= 0.6 is 12.4 Å². The van der Waals surface area contributed by atoms with E-state index in [1.165, 1.54) is 0 Å². The van der Waals surface area contributed by atoms with Crippen LogP contribution in [0.5, 0.6) is 0 Å². The number of fused-ring (bicyclic) bond motifs is 1. The van der Waals surface area contributed by atoms with Crippen molar-refractivity contribution in [1.82, 2.24) is 24.9 Å². The van der Waals surface area contributed by atoms with Gasteiger partial charge in [-0.1, -0.05) is 5.16 Å². The molecule has 0 unspecified atom stereocenters. The molecule has 2 N–H and O–H groups in total. The van der Waals surface area contributed by atoms with Crippen LogP contribution in [-0.2, 0) is 5.54 Å². The van der Waals surface area contributed by atoms with Crippen molar-refractivity contribution >= 4 is 23.4 Å². The van der Waals surface area contributed by atoms with Crippen LogP contribution < -0.4 is 5.73 Å². The second-order valence-electron chi connectivity index (χ2n) is 6.65. The molecule has 0 aliphatic heterocycles. The van der Waals surface area contributed by atoms with Gasteiger partial charge in [0.1, 0.15) is 0 Å². The van der Waals surface area contributed by atoms with Crippen molar-refractivity contribution in [2.45, 2.75) is 51.6 Å². The summed E-state index contributed by atoms with van der Waals surface area (Å²) in [7, 11) is 0. The van der Waals surface area contributed by atoms with Gasteiger partial charge in [0.15, 0.2) is 11.5 Å². The van der Waals surface area contributed by atoms with Crippen molar-refractivity contribution < 1.29 is 4.52 Å². The maximum absolute atomic E-state index is 6.27. The average Bonchev–Trinajstić information content (AvgIpc) is 3.10. The summed E-state index contributed by atoms with van der Waals surface area (Å²) in [6, 6.07) is 2.26. The van der Waals surface area contributed by atoms with E-state index in [-0.39, 0.29) is 18.4 Å². The van der Waals surface area contributed by atoms with Gasteiger partial charge in [0, 0.05) is 11.4 Å². The number of nitrogens with zero attached hydrogens (tertiary/aromatic N) is 5. The fraction of sp³-hybridized carbons (Fsp3) is 0.500. The van der Waals surface area contributed by atoms with E-state index in [0.29, 0.717) is 11.7 Å². The molecular formula is C16H21ClN6O. The Morgan fingerprint density at radius 3 is 2.67 bits per heavy atom. The number of nitrogens with two attached hydrogens (primary N) is 1. The number of halogens is 1. The third-order valence-electron chi connectivity index (χ3n) is 4.60. The van der Waals surface area contributed by atoms with Crippen molar-refractivity contribution in [3.05, 3.63) is 23.8 Å². The van der Waals surface area contributed by atoms with Gasteiger partial charge in [-0.2, -0.15) is 10.1 Å². The number of rotatable bonds is 3. The molecule has 8 heteroatoms. The molecule has 1 fully saturated rings. The molecular weight excluding hydrogens is 328 g/mol. The second-order valence-corrected chi connectivity index (χ2v) is 6.65. The van der Waals surface area contributed by atoms with Gasteiger partial charge in [-0.05, 0) is 46.1 Å². The average molecular weight is 349 g/mol. The SMILES string of the molecule is Cc1nc2c(cnn2C(C)C)cc1-c1nc(C2(N)CCC2)no1.Cl. The van der Waals surface area contributed by atoms with Gasteiger partial charge < -0.3 is 10.3 Å². The molecule has 7 nitrogen and oxygen atoms in total. The molecule has 0 radical (unpaired) electrons. The van der Waals surface area contributed by atoms with Gasteiger partial charge in [0.25, 0.3) is 5.89 Å². The molecule has 0 spiro atoms. The monoisotopic (exact) mass is 348 g/mol. The lowest BCUT2D eigenvalue weighted by Crippen LogP contribution is -2.44. The van der Waals surface area contributed by atoms with Crippen molar-refractivity contribution in [2.75, 3.05) is 0 Å². The number of hydrogen-bond acceptors (Lipinski definition) is 6. The van der Waals surface area contributed by atoms with Crippen molar-refractivity contribution in [3.8, 4) is 11.5 Å². The molecule has 4 rings (SSSR count). The quantitative estimate of drug-likeness (QED) is 0.781. The van der Waals surface area contributed by atoms with E-state index in [0.717, 1.165) is 41.6 Å². The fourth-order valence-electron chi connectivity index (χ4n) is 2.98. The summed E-state index contributed by atoms with van der Waals surface area (Å²) in [5.41, 5.74) is 8.39. The molecule has 3 heterocycles. The van der Waals surface area contributed by atoms with Gasteiger partial charge >= 0.3 is 0 Å². The summed E-state index contributed by atoms with van der Waals surface area (Å²) in [5.74, 6) is 1.07. The van der Waals surface area contributed by atoms with E-state index >= 15 is 0 Å². The van der Waals surface area contributed by atoms with Crippen LogP contribution in [0.15, 0.2) is 16.8 Å². The Labute approximate surface area is 146 Å². The molecule has 128 valence electrons. The van der Waals surface area contributed by atoms with Crippen LogP contribution in [0, 0.1) is 6.92 Å². The lowest BCUT2D eigenvalue weighted by Gasteiger charge is -2.34. The summed E-state index contributed by atoms with van der Waals surface area (Å²) in [6.07, 6.45) is 4.74. The first-order chi connectivity index (χ1) is 11.0. The van der Waals surface area contributed by atoms with Gasteiger partial charge in [-0.3, -0.25) is 0 Å². The molecule has 1 aliphatic carbocycles. The molecule has 0 aromatic carbocycles. The predicted octanol–water partition coefficient (Wildman–Crippen LogP) is 3.13. The zero-order valence-electron chi connectivity index (χ0n) is 14.0. The minimum atomic E-state index is -0.421. The molecule has 3 aromatic rings. The van der Waals surface area contributed by atoms with Gasteiger partial charge in [-0.15, -0.1) is 12.4 Å². The fourth-order valence-corrected chi connectivity index (χ4v) is 2.98. The Morgan fingerprint density at radius 1 is 1.29 bits per heavy atom. The minimum Gasteiger partial charge on any atom is -0.334 e. The highest BCUT2D eigenvalue weighted by molar-refractivity contribution is 5.85. The summed E-state index contributed by atoms with van der Waals surface area (Å²) in [4.78, 5) is 9.19. The number of pyridine rings is 1. The molecule has 0 bridgehead atoms. The zero-order chi connectivity index (χ0) is 16.2. The lowest BCUT2D eigenvalue weighted by molar-refractivity contribution is 0.229. The first-order valence-corrected chi connectivity index (χ1v) is 7.96. The second kappa shape index (κ2) is 5.82. The topological polar surface area (TPSA) is 95.7 Å². The molecule has 3 aromatic heterocycles. The number of aromatic nitrogens is 5. The first kappa shape index (κ1) is 16.9. The molecule has 0 saturated heterocycles. The zero-order valence-corrected chi connectivity index (χ0v) is 14.8. The van der Waals surface area contributed by atoms with E-state index in [1.54, 1.807) is 0 Å². The predicted molar refractivity (Wildman–Crippen MR) is 92.9 cm³/mol. The van der Waals surface area contributed by atoms with Crippen molar-refractivity contribution in [1.29, 1.82) is 0 Å².